The average molecular weight is 377 g/mol. The highest BCUT2D eigenvalue weighted by Crippen LogP contribution is 2.34. The number of rotatable bonds is 12. The summed E-state index contributed by atoms with van der Waals surface area (Å²) < 4.78 is 11.3. The molecule has 1 aromatic carbocycles. The number of nitrogens with one attached hydrogen (secondary N) is 1. The van der Waals surface area contributed by atoms with Gasteiger partial charge in [-0.1, -0.05) is 0 Å². The molecule has 0 aliphatic carbocycles. The summed E-state index contributed by atoms with van der Waals surface area (Å²) in [6, 6.07) is 3.69. The second-order valence-corrected chi connectivity index (χ2v) is 6.73. The van der Waals surface area contributed by atoms with Gasteiger partial charge < -0.3 is 31.2 Å². The predicted molar refractivity (Wildman–Crippen MR) is 111 cm³/mol. The monoisotopic (exact) mass is 376 g/mol. The second kappa shape index (κ2) is 10.7. The second-order valence-electron chi connectivity index (χ2n) is 6.73. The van der Waals surface area contributed by atoms with Crippen LogP contribution in [0, 0.1) is 0 Å². The Kier molecular flexibility index (Phi) is 8.35. The fourth-order valence-corrected chi connectivity index (χ4v) is 2.71. The number of fused-ring (bicyclic) bond motifs is 1. The van der Waals surface area contributed by atoms with E-state index >= 15 is 0 Å². The third kappa shape index (κ3) is 6.41. The van der Waals surface area contributed by atoms with Crippen LogP contribution in [0.1, 0.15) is 25.7 Å². The number of hydrogen-bond donors (Lipinski definition) is 3. The zero-order valence-corrected chi connectivity index (χ0v) is 16.6. The highest BCUT2D eigenvalue weighted by molar-refractivity contribution is 5.91. The number of nitrogens with zero attached hydrogens (tertiary/aromatic N) is 3. The molecule has 0 radical (unpaired) electrons. The van der Waals surface area contributed by atoms with Crippen molar-refractivity contribution in [2.45, 2.75) is 25.7 Å². The molecular formula is C19H32N6O2. The zero-order chi connectivity index (χ0) is 19.6. The van der Waals surface area contributed by atoms with Crippen LogP contribution in [0.4, 0.5) is 11.8 Å². The summed E-state index contributed by atoms with van der Waals surface area (Å²) in [4.78, 5) is 11.1. The summed E-state index contributed by atoms with van der Waals surface area (Å²) in [7, 11) is 5.71. The lowest BCUT2D eigenvalue weighted by Gasteiger charge is -2.14. The van der Waals surface area contributed by atoms with Crippen LogP contribution in [0.25, 0.3) is 10.9 Å². The molecule has 0 atom stereocenters. The molecule has 150 valence electrons. The maximum absolute atomic E-state index is 6.13. The molecule has 0 unspecified atom stereocenters. The van der Waals surface area contributed by atoms with E-state index in [2.05, 4.69) is 34.3 Å². The van der Waals surface area contributed by atoms with E-state index in [0.29, 0.717) is 36.4 Å². The van der Waals surface area contributed by atoms with E-state index < -0.39 is 0 Å². The fourth-order valence-electron chi connectivity index (χ4n) is 2.71. The molecule has 0 spiro atoms. The molecule has 0 fully saturated rings. The van der Waals surface area contributed by atoms with Gasteiger partial charge in [-0.3, -0.25) is 0 Å². The number of nitrogen functional groups attached to an aromatic ring is 1. The van der Waals surface area contributed by atoms with Crippen molar-refractivity contribution >= 4 is 22.7 Å². The number of anilines is 2. The predicted octanol–water partition coefficient (Wildman–Crippen LogP) is 2.09. The van der Waals surface area contributed by atoms with Crippen molar-refractivity contribution in [2.24, 2.45) is 5.73 Å². The molecular weight excluding hydrogens is 344 g/mol. The summed E-state index contributed by atoms with van der Waals surface area (Å²) >= 11 is 0. The number of aromatic nitrogens is 2. The Bertz CT molecular complexity index is 723. The first kappa shape index (κ1) is 21.0. The van der Waals surface area contributed by atoms with Gasteiger partial charge in [0.05, 0.1) is 19.2 Å². The lowest BCUT2D eigenvalue weighted by atomic mass is 10.2. The van der Waals surface area contributed by atoms with E-state index in [4.69, 9.17) is 20.9 Å². The first-order chi connectivity index (χ1) is 13.0. The van der Waals surface area contributed by atoms with Gasteiger partial charge in [-0.25, -0.2) is 4.98 Å². The van der Waals surface area contributed by atoms with Gasteiger partial charge in [0.1, 0.15) is 5.82 Å². The lowest BCUT2D eigenvalue weighted by molar-refractivity contribution is 0.286. The molecule has 0 aliphatic heterocycles. The van der Waals surface area contributed by atoms with Crippen molar-refractivity contribution in [3.8, 4) is 11.5 Å². The molecule has 1 heterocycles. The van der Waals surface area contributed by atoms with Gasteiger partial charge in [0.25, 0.3) is 0 Å². The van der Waals surface area contributed by atoms with Gasteiger partial charge in [-0.2, -0.15) is 4.98 Å². The summed E-state index contributed by atoms with van der Waals surface area (Å²) in [5.41, 5.74) is 12.4. The van der Waals surface area contributed by atoms with E-state index in [0.717, 1.165) is 49.7 Å². The molecule has 0 amide bonds. The lowest BCUT2D eigenvalue weighted by Crippen LogP contribution is -2.17. The van der Waals surface area contributed by atoms with Gasteiger partial charge in [0.2, 0.25) is 5.95 Å². The van der Waals surface area contributed by atoms with E-state index in [1.54, 1.807) is 7.11 Å². The molecule has 8 nitrogen and oxygen atoms in total. The molecule has 2 aromatic rings. The van der Waals surface area contributed by atoms with E-state index in [-0.39, 0.29) is 0 Å². The van der Waals surface area contributed by atoms with E-state index in [1.807, 2.05) is 12.1 Å². The molecule has 0 bridgehead atoms. The van der Waals surface area contributed by atoms with Crippen molar-refractivity contribution < 1.29 is 9.47 Å². The van der Waals surface area contributed by atoms with Crippen molar-refractivity contribution in [3.05, 3.63) is 12.1 Å². The standard InChI is InChI=1S/C19H32N6O2/c1-25(2)10-7-9-22-19-23-15-13-17(27-11-6-4-5-8-20)16(26-3)12-14(15)18(21)24-19/h12-13H,4-11,20H2,1-3H3,(H3,21,22,23,24). The Labute approximate surface area is 161 Å². The number of ether oxygens (including phenoxy) is 2. The maximum atomic E-state index is 6.13. The SMILES string of the molecule is COc1cc2c(N)nc(NCCCN(C)C)nc2cc1OCCCCCN. The van der Waals surface area contributed by atoms with Crippen LogP contribution >= 0.6 is 0 Å². The third-order valence-corrected chi connectivity index (χ3v) is 4.18. The molecule has 5 N–H and O–H groups in total. The van der Waals surface area contributed by atoms with Crippen molar-refractivity contribution in [2.75, 3.05) is 58.5 Å². The Balaban J connectivity index is 2.12. The van der Waals surface area contributed by atoms with Crippen LogP contribution in [0.15, 0.2) is 12.1 Å². The van der Waals surface area contributed by atoms with Crippen LogP contribution in [0.3, 0.4) is 0 Å². The number of benzene rings is 1. The fraction of sp³-hybridized carbons (Fsp3) is 0.579. The topological polar surface area (TPSA) is 112 Å². The highest BCUT2D eigenvalue weighted by Gasteiger charge is 2.12. The maximum Gasteiger partial charge on any atom is 0.225 e. The minimum absolute atomic E-state index is 0.419. The van der Waals surface area contributed by atoms with E-state index in [1.165, 1.54) is 0 Å². The third-order valence-electron chi connectivity index (χ3n) is 4.18. The molecule has 0 aliphatic rings. The number of methoxy groups -OCH3 is 1. The van der Waals surface area contributed by atoms with Gasteiger partial charge in [0.15, 0.2) is 11.5 Å². The normalized spacial score (nSPS) is 11.1. The number of nitrogens with two attached hydrogens (primary N) is 2. The Morgan fingerprint density at radius 2 is 1.89 bits per heavy atom. The molecule has 1 aromatic heterocycles. The molecule has 8 heteroatoms. The van der Waals surface area contributed by atoms with Crippen LogP contribution in [-0.2, 0) is 0 Å². The average Bonchev–Trinajstić information content (AvgIpc) is 2.64. The first-order valence-electron chi connectivity index (χ1n) is 9.42. The van der Waals surface area contributed by atoms with E-state index in [9.17, 15) is 0 Å². The minimum atomic E-state index is 0.419. The summed E-state index contributed by atoms with van der Waals surface area (Å²) in [6.45, 7) is 3.09. The summed E-state index contributed by atoms with van der Waals surface area (Å²) in [5.74, 6) is 2.23. The Hall–Kier alpha value is -2.32. The summed E-state index contributed by atoms with van der Waals surface area (Å²) in [6.07, 6.45) is 3.99. The van der Waals surface area contributed by atoms with Crippen molar-refractivity contribution in [1.29, 1.82) is 0 Å². The smallest absolute Gasteiger partial charge is 0.225 e. The Morgan fingerprint density at radius 3 is 2.59 bits per heavy atom. The minimum Gasteiger partial charge on any atom is -0.493 e. The van der Waals surface area contributed by atoms with Gasteiger partial charge >= 0.3 is 0 Å². The van der Waals surface area contributed by atoms with Gasteiger partial charge in [0, 0.05) is 18.0 Å². The largest absolute Gasteiger partial charge is 0.493 e. The number of hydrogen-bond acceptors (Lipinski definition) is 8. The number of unbranched alkanes of at least 4 members (excludes halogenated alkanes) is 2. The zero-order valence-electron chi connectivity index (χ0n) is 16.6. The summed E-state index contributed by atoms with van der Waals surface area (Å²) in [5, 5.41) is 3.99. The van der Waals surface area contributed by atoms with Crippen molar-refractivity contribution in [3.63, 3.8) is 0 Å². The van der Waals surface area contributed by atoms with Crippen molar-refractivity contribution in [1.82, 2.24) is 14.9 Å². The van der Waals surface area contributed by atoms with Gasteiger partial charge in [-0.15, -0.1) is 0 Å². The van der Waals surface area contributed by atoms with Crippen LogP contribution < -0.4 is 26.3 Å². The van der Waals surface area contributed by atoms with Crippen LogP contribution in [0.2, 0.25) is 0 Å². The van der Waals surface area contributed by atoms with Crippen LogP contribution in [0.5, 0.6) is 11.5 Å². The highest BCUT2D eigenvalue weighted by atomic mass is 16.5. The first-order valence-corrected chi connectivity index (χ1v) is 9.42. The quantitative estimate of drug-likeness (QED) is 0.483. The molecule has 27 heavy (non-hydrogen) atoms. The molecule has 2 rings (SSSR count). The molecule has 0 saturated carbocycles. The van der Waals surface area contributed by atoms with Gasteiger partial charge in [-0.05, 0) is 58.9 Å². The van der Waals surface area contributed by atoms with Crippen LogP contribution in [-0.4, -0.2) is 62.3 Å². The molecule has 0 saturated heterocycles. The Morgan fingerprint density at radius 1 is 1.07 bits per heavy atom.